The molecule has 0 spiro atoms. The van der Waals surface area contributed by atoms with Crippen molar-refractivity contribution in [1.82, 2.24) is 0 Å². The van der Waals surface area contributed by atoms with Crippen molar-refractivity contribution >= 4 is 23.2 Å². The number of alkyl halides is 2. The molecule has 1 aromatic carbocycles. The van der Waals surface area contributed by atoms with Gasteiger partial charge in [-0.1, -0.05) is 0 Å². The van der Waals surface area contributed by atoms with Crippen LogP contribution >= 0.6 is 23.2 Å². The van der Waals surface area contributed by atoms with Crippen molar-refractivity contribution in [3.05, 3.63) is 23.8 Å². The van der Waals surface area contributed by atoms with Gasteiger partial charge in [0.25, 0.3) is 0 Å². The second-order valence-electron chi connectivity index (χ2n) is 3.12. The van der Waals surface area contributed by atoms with Gasteiger partial charge in [-0.25, -0.2) is 0 Å². The Balaban J connectivity index is 3.09. The molecule has 5 heteroatoms. The highest BCUT2D eigenvalue weighted by Gasteiger charge is 2.20. The second kappa shape index (κ2) is 6.18. The van der Waals surface area contributed by atoms with Gasteiger partial charge in [0.15, 0.2) is 0 Å². The van der Waals surface area contributed by atoms with E-state index in [0.29, 0.717) is 23.7 Å². The van der Waals surface area contributed by atoms with E-state index in [1.54, 1.807) is 25.3 Å². The lowest BCUT2D eigenvalue weighted by atomic mass is 10.1. The molecule has 0 aliphatic heterocycles. The Hall–Kier alpha value is -0.640. The maximum Gasteiger partial charge on any atom is 0.137 e. The van der Waals surface area contributed by atoms with Crippen molar-refractivity contribution in [2.24, 2.45) is 0 Å². The number of aliphatic hydroxyl groups is 1. The highest BCUT2D eigenvalue weighted by Crippen LogP contribution is 2.34. The first-order valence-corrected chi connectivity index (χ1v) is 5.74. The van der Waals surface area contributed by atoms with Crippen LogP contribution in [0.1, 0.15) is 18.6 Å². The molecule has 1 rings (SSSR count). The predicted octanol–water partition coefficient (Wildman–Crippen LogP) is 2.93. The van der Waals surface area contributed by atoms with Crippen molar-refractivity contribution in [3.8, 4) is 11.5 Å². The molecule has 0 fully saturated rings. The lowest BCUT2D eigenvalue weighted by Gasteiger charge is -2.17. The molecule has 0 heterocycles. The van der Waals surface area contributed by atoms with E-state index in [2.05, 4.69) is 0 Å². The fourth-order valence-electron chi connectivity index (χ4n) is 1.31. The number of ether oxygens (including phenoxy) is 2. The van der Waals surface area contributed by atoms with Gasteiger partial charge in [-0.3, -0.25) is 0 Å². The summed E-state index contributed by atoms with van der Waals surface area (Å²) in [6.07, 6.45) is -1.00. The number of benzene rings is 1. The van der Waals surface area contributed by atoms with Crippen molar-refractivity contribution in [2.45, 2.75) is 17.9 Å². The monoisotopic (exact) mass is 264 g/mol. The Morgan fingerprint density at radius 1 is 1.38 bits per heavy atom. The van der Waals surface area contributed by atoms with Gasteiger partial charge in [0.2, 0.25) is 0 Å². The van der Waals surface area contributed by atoms with Crippen molar-refractivity contribution in [2.75, 3.05) is 13.7 Å². The summed E-state index contributed by atoms with van der Waals surface area (Å²) in [5.74, 6) is 1.17. The maximum absolute atomic E-state index is 9.83. The van der Waals surface area contributed by atoms with E-state index >= 15 is 0 Å². The van der Waals surface area contributed by atoms with Crippen LogP contribution in [0.2, 0.25) is 0 Å². The van der Waals surface area contributed by atoms with Crippen LogP contribution in [0.25, 0.3) is 0 Å². The smallest absolute Gasteiger partial charge is 0.137 e. The van der Waals surface area contributed by atoms with Gasteiger partial charge in [-0.05, 0) is 25.1 Å². The Bertz CT molecular complexity index is 342. The van der Waals surface area contributed by atoms with E-state index in [9.17, 15) is 5.11 Å². The molecule has 1 unspecified atom stereocenters. The fraction of sp³-hybridized carbons (Fsp3) is 0.455. The average Bonchev–Trinajstić information content (AvgIpc) is 2.29. The van der Waals surface area contributed by atoms with Crippen LogP contribution in [-0.2, 0) is 0 Å². The van der Waals surface area contributed by atoms with E-state index in [-0.39, 0.29) is 0 Å². The summed E-state index contributed by atoms with van der Waals surface area (Å²) >= 11 is 11.3. The summed E-state index contributed by atoms with van der Waals surface area (Å²) < 4.78 is 10.4. The molecule has 0 radical (unpaired) electrons. The first kappa shape index (κ1) is 13.4. The molecule has 16 heavy (non-hydrogen) atoms. The van der Waals surface area contributed by atoms with Gasteiger partial charge in [-0.15, -0.1) is 23.2 Å². The standard InChI is InChI=1S/C11H14Cl2O3/c1-3-16-9-5-4-7(15-2)6-8(9)10(14)11(12)13/h4-6,10-11,14H,3H2,1-2H3. The minimum absolute atomic E-state index is 0.501. The summed E-state index contributed by atoms with van der Waals surface area (Å²) in [5, 5.41) is 9.83. The van der Waals surface area contributed by atoms with E-state index in [1.165, 1.54) is 0 Å². The summed E-state index contributed by atoms with van der Waals surface area (Å²) in [5.41, 5.74) is 0.524. The number of rotatable bonds is 5. The Morgan fingerprint density at radius 3 is 2.56 bits per heavy atom. The third kappa shape index (κ3) is 3.17. The molecule has 1 N–H and O–H groups in total. The van der Waals surface area contributed by atoms with Crippen LogP contribution in [-0.4, -0.2) is 23.7 Å². The first-order valence-electron chi connectivity index (χ1n) is 4.87. The van der Waals surface area contributed by atoms with Gasteiger partial charge < -0.3 is 14.6 Å². The van der Waals surface area contributed by atoms with Crippen LogP contribution in [0.4, 0.5) is 0 Å². The van der Waals surface area contributed by atoms with Crippen LogP contribution in [0.5, 0.6) is 11.5 Å². The van der Waals surface area contributed by atoms with Gasteiger partial charge >= 0.3 is 0 Å². The average molecular weight is 265 g/mol. The molecule has 90 valence electrons. The lowest BCUT2D eigenvalue weighted by Crippen LogP contribution is -2.09. The van der Waals surface area contributed by atoms with Gasteiger partial charge in [0.05, 0.1) is 13.7 Å². The van der Waals surface area contributed by atoms with Crippen molar-refractivity contribution < 1.29 is 14.6 Å². The zero-order valence-corrected chi connectivity index (χ0v) is 10.6. The molecule has 0 aromatic heterocycles. The Labute approximate surface area is 105 Å². The number of hydrogen-bond donors (Lipinski definition) is 1. The molecule has 0 aliphatic rings. The van der Waals surface area contributed by atoms with Crippen molar-refractivity contribution in [3.63, 3.8) is 0 Å². The summed E-state index contributed by atoms with van der Waals surface area (Å²) in [7, 11) is 1.55. The van der Waals surface area contributed by atoms with E-state index in [0.717, 1.165) is 0 Å². The highest BCUT2D eigenvalue weighted by molar-refractivity contribution is 6.44. The summed E-state index contributed by atoms with van der Waals surface area (Å²) in [4.78, 5) is -0.911. The largest absolute Gasteiger partial charge is 0.497 e. The van der Waals surface area contributed by atoms with Crippen LogP contribution in [0.15, 0.2) is 18.2 Å². The number of aliphatic hydroxyl groups excluding tert-OH is 1. The number of methoxy groups -OCH3 is 1. The first-order chi connectivity index (χ1) is 7.60. The van der Waals surface area contributed by atoms with Crippen molar-refractivity contribution in [1.29, 1.82) is 0 Å². The normalized spacial score (nSPS) is 12.6. The zero-order valence-electron chi connectivity index (χ0n) is 9.11. The SMILES string of the molecule is CCOc1ccc(OC)cc1C(O)C(Cl)Cl. The van der Waals surface area contributed by atoms with Crippen LogP contribution in [0.3, 0.4) is 0 Å². The Kier molecular flexibility index (Phi) is 5.19. The third-order valence-corrected chi connectivity index (χ3v) is 2.55. The molecule has 0 aliphatic carbocycles. The number of hydrogen-bond acceptors (Lipinski definition) is 3. The second-order valence-corrected chi connectivity index (χ2v) is 4.28. The zero-order chi connectivity index (χ0) is 12.1. The van der Waals surface area contributed by atoms with Gasteiger partial charge in [-0.2, -0.15) is 0 Å². The van der Waals surface area contributed by atoms with E-state index in [4.69, 9.17) is 32.7 Å². The summed E-state index contributed by atoms with van der Waals surface area (Å²) in [6.45, 7) is 2.36. The maximum atomic E-state index is 9.83. The lowest BCUT2D eigenvalue weighted by molar-refractivity contribution is 0.185. The van der Waals surface area contributed by atoms with Crippen LogP contribution < -0.4 is 9.47 Å². The Morgan fingerprint density at radius 2 is 2.06 bits per heavy atom. The molecule has 0 bridgehead atoms. The molecule has 0 saturated carbocycles. The van der Waals surface area contributed by atoms with Crippen LogP contribution in [0, 0.1) is 0 Å². The summed E-state index contributed by atoms with van der Waals surface area (Å²) in [6, 6.07) is 5.13. The third-order valence-electron chi connectivity index (χ3n) is 2.07. The van der Waals surface area contributed by atoms with E-state index in [1.807, 2.05) is 6.92 Å². The molecular weight excluding hydrogens is 251 g/mol. The minimum atomic E-state index is -1.00. The molecule has 0 saturated heterocycles. The quantitative estimate of drug-likeness (QED) is 0.832. The predicted molar refractivity (Wildman–Crippen MR) is 64.6 cm³/mol. The van der Waals surface area contributed by atoms with E-state index < -0.39 is 10.9 Å². The van der Waals surface area contributed by atoms with Gasteiger partial charge in [0, 0.05) is 5.56 Å². The molecule has 0 amide bonds. The molecule has 1 aromatic rings. The molecule has 1 atom stereocenters. The minimum Gasteiger partial charge on any atom is -0.497 e. The highest BCUT2D eigenvalue weighted by atomic mass is 35.5. The number of halogens is 2. The molecular formula is C11H14Cl2O3. The fourth-order valence-corrected chi connectivity index (χ4v) is 1.58. The topological polar surface area (TPSA) is 38.7 Å². The molecule has 3 nitrogen and oxygen atoms in total. The van der Waals surface area contributed by atoms with Gasteiger partial charge in [0.1, 0.15) is 22.4 Å².